The second kappa shape index (κ2) is 9.79. The molecule has 0 aliphatic carbocycles. The first-order valence-electron chi connectivity index (χ1n) is 7.16. The molecule has 1 aromatic rings. The summed E-state index contributed by atoms with van der Waals surface area (Å²) >= 11 is 0. The van der Waals surface area contributed by atoms with Gasteiger partial charge in [0.25, 0.3) is 0 Å². The van der Waals surface area contributed by atoms with Crippen molar-refractivity contribution in [3.63, 3.8) is 0 Å². The highest BCUT2D eigenvalue weighted by molar-refractivity contribution is 5.94. The molecule has 0 amide bonds. The molecule has 0 aromatic carbocycles. The normalized spacial score (nSPS) is 12.6. The van der Waals surface area contributed by atoms with E-state index >= 15 is 0 Å². The number of aromatic nitrogens is 1. The van der Waals surface area contributed by atoms with E-state index in [2.05, 4.69) is 34.5 Å². The van der Waals surface area contributed by atoms with Crippen LogP contribution in [-0.2, 0) is 0 Å². The predicted octanol–water partition coefficient (Wildman–Crippen LogP) is 3.14. The Morgan fingerprint density at radius 3 is 2.95 bits per heavy atom. The van der Waals surface area contributed by atoms with Gasteiger partial charge in [0.2, 0.25) is 5.96 Å². The number of hydrogen-bond donors (Lipinski definition) is 2. The highest BCUT2D eigenvalue weighted by Crippen LogP contribution is 2.13. The fourth-order valence-corrected chi connectivity index (χ4v) is 1.87. The number of nitrogens with one attached hydrogen (secondary N) is 2. The summed E-state index contributed by atoms with van der Waals surface area (Å²) in [4.78, 5) is 8.50. The molecule has 0 fully saturated rings. The Labute approximate surface area is 121 Å². The number of guanidine groups is 1. The van der Waals surface area contributed by atoms with E-state index in [0.29, 0.717) is 11.9 Å². The third-order valence-electron chi connectivity index (χ3n) is 3.15. The molecule has 1 atom stereocenters. The van der Waals surface area contributed by atoms with E-state index in [1.165, 1.54) is 19.3 Å². The number of anilines is 1. The molecule has 1 rings (SSSR count). The van der Waals surface area contributed by atoms with Gasteiger partial charge >= 0.3 is 0 Å². The van der Waals surface area contributed by atoms with Crippen LogP contribution in [0.25, 0.3) is 0 Å². The lowest BCUT2D eigenvalue weighted by Gasteiger charge is -2.13. The van der Waals surface area contributed by atoms with Crippen molar-refractivity contribution in [1.29, 1.82) is 5.26 Å². The Kier molecular flexibility index (Phi) is 7.82. The van der Waals surface area contributed by atoms with Gasteiger partial charge in [-0.25, -0.2) is 0 Å². The van der Waals surface area contributed by atoms with Gasteiger partial charge in [0.05, 0.1) is 11.9 Å². The fourth-order valence-electron chi connectivity index (χ4n) is 1.87. The molecule has 0 aliphatic heterocycles. The average Bonchev–Trinajstić information content (AvgIpc) is 2.48. The summed E-state index contributed by atoms with van der Waals surface area (Å²) in [5, 5.41) is 14.4. The lowest BCUT2D eigenvalue weighted by Crippen LogP contribution is -2.27. The smallest absolute Gasteiger partial charge is 0.209 e. The Balaban J connectivity index is 2.60. The Bertz CT molecular complexity index is 435. The maximum absolute atomic E-state index is 8.78. The first-order valence-corrected chi connectivity index (χ1v) is 7.16. The van der Waals surface area contributed by atoms with E-state index in [0.717, 1.165) is 18.7 Å². The molecule has 108 valence electrons. The van der Waals surface area contributed by atoms with Crippen LogP contribution in [0, 0.1) is 17.4 Å². The van der Waals surface area contributed by atoms with E-state index in [9.17, 15) is 0 Å². The van der Waals surface area contributed by atoms with Gasteiger partial charge in [-0.15, -0.1) is 0 Å². The van der Waals surface area contributed by atoms with Crippen LogP contribution >= 0.6 is 0 Å². The van der Waals surface area contributed by atoms with Crippen molar-refractivity contribution < 1.29 is 0 Å². The van der Waals surface area contributed by atoms with E-state index in [1.807, 2.05) is 18.3 Å². The zero-order chi connectivity index (χ0) is 14.6. The summed E-state index contributed by atoms with van der Waals surface area (Å²) in [6.07, 6.45) is 10.0. The summed E-state index contributed by atoms with van der Waals surface area (Å²) in [6.45, 7) is 5.11. The van der Waals surface area contributed by atoms with Crippen molar-refractivity contribution in [2.75, 3.05) is 11.9 Å². The first kappa shape index (κ1) is 16.0. The molecule has 0 saturated carbocycles. The molecular formula is C15H23N5. The van der Waals surface area contributed by atoms with E-state index in [-0.39, 0.29) is 0 Å². The SMILES string of the molecule is CCCC[C@@H](CC)CN=C(NC#N)Nc1cccnc1. The minimum atomic E-state index is 0.482. The highest BCUT2D eigenvalue weighted by atomic mass is 15.2. The zero-order valence-corrected chi connectivity index (χ0v) is 12.3. The maximum Gasteiger partial charge on any atom is 0.209 e. The summed E-state index contributed by atoms with van der Waals surface area (Å²) in [5.74, 6) is 1.05. The van der Waals surface area contributed by atoms with Crippen LogP contribution in [0.5, 0.6) is 0 Å². The fraction of sp³-hybridized carbons (Fsp3) is 0.533. The molecule has 1 aromatic heterocycles. The van der Waals surface area contributed by atoms with Crippen molar-refractivity contribution in [3.05, 3.63) is 24.5 Å². The van der Waals surface area contributed by atoms with Crippen LogP contribution in [0.15, 0.2) is 29.5 Å². The molecule has 0 aliphatic rings. The maximum atomic E-state index is 8.78. The van der Waals surface area contributed by atoms with Crippen LogP contribution < -0.4 is 10.6 Å². The zero-order valence-electron chi connectivity index (χ0n) is 12.3. The number of rotatable bonds is 7. The van der Waals surface area contributed by atoms with Crippen molar-refractivity contribution >= 4 is 11.6 Å². The van der Waals surface area contributed by atoms with Gasteiger partial charge in [0.1, 0.15) is 0 Å². The van der Waals surface area contributed by atoms with Crippen LogP contribution in [-0.4, -0.2) is 17.5 Å². The summed E-state index contributed by atoms with van der Waals surface area (Å²) in [5.41, 5.74) is 0.815. The number of nitrogens with zero attached hydrogens (tertiary/aromatic N) is 3. The van der Waals surface area contributed by atoms with Crippen LogP contribution in [0.3, 0.4) is 0 Å². The lowest BCUT2D eigenvalue weighted by atomic mass is 10.00. The highest BCUT2D eigenvalue weighted by Gasteiger charge is 2.06. The second-order valence-electron chi connectivity index (χ2n) is 4.71. The van der Waals surface area contributed by atoms with Gasteiger partial charge in [0, 0.05) is 12.7 Å². The predicted molar refractivity (Wildman–Crippen MR) is 82.2 cm³/mol. The first-order chi connectivity index (χ1) is 9.80. The number of pyridine rings is 1. The van der Waals surface area contributed by atoms with E-state index in [1.54, 1.807) is 12.4 Å². The molecule has 5 nitrogen and oxygen atoms in total. The average molecular weight is 273 g/mol. The number of nitriles is 1. The minimum Gasteiger partial charge on any atom is -0.324 e. The van der Waals surface area contributed by atoms with Crippen LogP contribution in [0.2, 0.25) is 0 Å². The summed E-state index contributed by atoms with van der Waals surface area (Å²) in [7, 11) is 0. The minimum absolute atomic E-state index is 0.482. The number of aliphatic imine (C=N–C) groups is 1. The Morgan fingerprint density at radius 1 is 1.50 bits per heavy atom. The Hall–Kier alpha value is -2.09. The Morgan fingerprint density at radius 2 is 2.35 bits per heavy atom. The molecule has 0 spiro atoms. The summed E-state index contributed by atoms with van der Waals surface area (Å²) < 4.78 is 0. The largest absolute Gasteiger partial charge is 0.324 e. The molecule has 0 bridgehead atoms. The van der Waals surface area contributed by atoms with Gasteiger partial charge in [0.15, 0.2) is 6.19 Å². The van der Waals surface area contributed by atoms with Crippen molar-refractivity contribution in [1.82, 2.24) is 10.3 Å². The molecule has 0 radical (unpaired) electrons. The monoisotopic (exact) mass is 273 g/mol. The molecule has 5 heteroatoms. The van der Waals surface area contributed by atoms with Crippen molar-refractivity contribution in [2.24, 2.45) is 10.9 Å². The van der Waals surface area contributed by atoms with Crippen molar-refractivity contribution in [3.8, 4) is 6.19 Å². The molecule has 0 saturated heterocycles. The molecule has 20 heavy (non-hydrogen) atoms. The third kappa shape index (κ3) is 6.19. The molecule has 1 heterocycles. The van der Waals surface area contributed by atoms with Crippen molar-refractivity contribution in [2.45, 2.75) is 39.5 Å². The van der Waals surface area contributed by atoms with Gasteiger partial charge in [-0.05, 0) is 24.5 Å². The quantitative estimate of drug-likeness (QED) is 0.346. The van der Waals surface area contributed by atoms with Gasteiger partial charge < -0.3 is 5.32 Å². The number of unbranched alkanes of at least 4 members (excludes halogenated alkanes) is 1. The van der Waals surface area contributed by atoms with Gasteiger partial charge in [-0.1, -0.05) is 33.1 Å². The lowest BCUT2D eigenvalue weighted by molar-refractivity contribution is 0.462. The van der Waals surface area contributed by atoms with Gasteiger partial charge in [-0.3, -0.25) is 15.3 Å². The van der Waals surface area contributed by atoms with Crippen LogP contribution in [0.1, 0.15) is 39.5 Å². The third-order valence-corrected chi connectivity index (χ3v) is 3.15. The standard InChI is InChI=1S/C15H23N5/c1-3-5-7-13(4-2)10-18-15(19-12-16)20-14-8-6-9-17-11-14/h6,8-9,11,13H,3-5,7,10H2,1-2H3,(H2,18,19,20)/t13-/m1/s1. The molecule has 2 N–H and O–H groups in total. The van der Waals surface area contributed by atoms with Crippen LogP contribution in [0.4, 0.5) is 5.69 Å². The summed E-state index contributed by atoms with van der Waals surface area (Å²) in [6, 6.07) is 3.72. The second-order valence-corrected chi connectivity index (χ2v) is 4.71. The number of hydrogen-bond acceptors (Lipinski definition) is 3. The topological polar surface area (TPSA) is 73.1 Å². The molecular weight excluding hydrogens is 250 g/mol. The van der Waals surface area contributed by atoms with E-state index < -0.39 is 0 Å². The van der Waals surface area contributed by atoms with Gasteiger partial charge in [-0.2, -0.15) is 5.26 Å². The molecule has 0 unspecified atom stereocenters. The van der Waals surface area contributed by atoms with E-state index in [4.69, 9.17) is 5.26 Å².